The summed E-state index contributed by atoms with van der Waals surface area (Å²) in [6.07, 6.45) is 0.357. The van der Waals surface area contributed by atoms with Gasteiger partial charge in [0.25, 0.3) is 5.91 Å². The average molecular weight is 494 g/mol. The van der Waals surface area contributed by atoms with E-state index in [-0.39, 0.29) is 36.0 Å². The Hall–Kier alpha value is -3.76. The number of carbonyl (C=O) groups excluding carboxylic acids is 2. The number of nitrogens with one attached hydrogen (secondary N) is 2. The monoisotopic (exact) mass is 493 g/mol. The van der Waals surface area contributed by atoms with E-state index < -0.39 is 18.2 Å². The Kier molecular flexibility index (Phi) is 6.47. The van der Waals surface area contributed by atoms with Crippen molar-refractivity contribution in [3.63, 3.8) is 0 Å². The molecule has 2 atom stereocenters. The molecule has 0 bridgehead atoms. The number of benzene rings is 2. The third kappa shape index (κ3) is 4.75. The topological polar surface area (TPSA) is 127 Å². The van der Waals surface area contributed by atoms with Crippen LogP contribution in [0.4, 0.5) is 9.93 Å². The van der Waals surface area contributed by atoms with E-state index >= 15 is 0 Å². The summed E-state index contributed by atoms with van der Waals surface area (Å²) in [6.45, 7) is 0.710. The molecule has 1 fully saturated rings. The molecule has 180 valence electrons. The van der Waals surface area contributed by atoms with Gasteiger partial charge in [-0.05, 0) is 28.7 Å². The van der Waals surface area contributed by atoms with Gasteiger partial charge in [-0.1, -0.05) is 59.9 Å². The Morgan fingerprint density at radius 2 is 1.77 bits per heavy atom. The third-order valence-corrected chi connectivity index (χ3v) is 7.18. The summed E-state index contributed by atoms with van der Waals surface area (Å²) in [5.74, 6) is -1.77. The smallest absolute Gasteiger partial charge is 0.413 e. The summed E-state index contributed by atoms with van der Waals surface area (Å²) in [5, 5.41) is 14.7. The van der Waals surface area contributed by atoms with Crippen LogP contribution in [0, 0.1) is 5.92 Å². The number of carboxylic acid groups (broad SMARTS) is 1. The van der Waals surface area contributed by atoms with Crippen molar-refractivity contribution < 1.29 is 29.0 Å². The number of carbonyl (C=O) groups is 3. The van der Waals surface area contributed by atoms with Crippen LogP contribution in [0.2, 0.25) is 0 Å². The zero-order valence-electron chi connectivity index (χ0n) is 18.6. The highest BCUT2D eigenvalue weighted by Crippen LogP contribution is 2.44. The molecule has 0 spiro atoms. The van der Waals surface area contributed by atoms with Crippen molar-refractivity contribution in [2.75, 3.05) is 25.1 Å². The third-order valence-electron chi connectivity index (χ3n) is 6.26. The maximum Gasteiger partial charge on any atom is 0.413 e. The first-order valence-corrected chi connectivity index (χ1v) is 12.0. The molecule has 2 aromatic carbocycles. The number of amides is 2. The molecule has 0 radical (unpaired) electrons. The highest BCUT2D eigenvalue weighted by molar-refractivity contribution is 7.17. The van der Waals surface area contributed by atoms with Crippen molar-refractivity contribution in [3.05, 3.63) is 70.7 Å². The standard InChI is InChI=1S/C25H23N3O6S/c29-22(26-11-14-9-10-33-21(14)23(30)31)20-12-27-24(35-20)28-25(32)34-13-19-17-7-3-1-5-15(17)16-6-2-4-8-18(16)19/h1-8,12,14,19,21H,9-11,13H2,(H,26,29)(H,30,31)(H,27,28,32)/t14-,21-/m0/s1. The fourth-order valence-corrected chi connectivity index (χ4v) is 5.30. The van der Waals surface area contributed by atoms with E-state index in [2.05, 4.69) is 27.8 Å². The van der Waals surface area contributed by atoms with Crippen molar-refractivity contribution in [2.45, 2.75) is 18.4 Å². The van der Waals surface area contributed by atoms with E-state index in [4.69, 9.17) is 14.6 Å². The van der Waals surface area contributed by atoms with Gasteiger partial charge in [0.2, 0.25) is 0 Å². The summed E-state index contributed by atoms with van der Waals surface area (Å²) in [5.41, 5.74) is 4.53. The van der Waals surface area contributed by atoms with E-state index in [0.717, 1.165) is 33.6 Å². The molecule has 2 amide bonds. The molecular formula is C25H23N3O6S. The summed E-state index contributed by atoms with van der Waals surface area (Å²) in [6, 6.07) is 16.2. The lowest BCUT2D eigenvalue weighted by Gasteiger charge is -2.14. The molecule has 1 aliphatic carbocycles. The molecule has 2 heterocycles. The number of thiazole rings is 1. The molecule has 35 heavy (non-hydrogen) atoms. The fourth-order valence-electron chi connectivity index (χ4n) is 4.59. The van der Waals surface area contributed by atoms with Crippen molar-refractivity contribution in [2.24, 2.45) is 5.92 Å². The van der Waals surface area contributed by atoms with E-state index in [0.29, 0.717) is 17.9 Å². The lowest BCUT2D eigenvalue weighted by Crippen LogP contribution is -2.36. The van der Waals surface area contributed by atoms with Crippen molar-refractivity contribution in [1.82, 2.24) is 10.3 Å². The van der Waals surface area contributed by atoms with E-state index in [1.165, 1.54) is 6.20 Å². The lowest BCUT2D eigenvalue weighted by atomic mass is 9.98. The van der Waals surface area contributed by atoms with Crippen LogP contribution in [-0.2, 0) is 14.3 Å². The van der Waals surface area contributed by atoms with Crippen molar-refractivity contribution in [3.8, 4) is 11.1 Å². The number of aromatic nitrogens is 1. The predicted molar refractivity (Wildman–Crippen MR) is 129 cm³/mol. The molecule has 1 saturated heterocycles. The zero-order valence-corrected chi connectivity index (χ0v) is 19.4. The van der Waals surface area contributed by atoms with Crippen LogP contribution in [-0.4, -0.2) is 53.9 Å². The number of aliphatic carboxylic acids is 1. The molecule has 3 N–H and O–H groups in total. The Balaban J connectivity index is 1.15. The number of nitrogens with zero attached hydrogens (tertiary/aromatic N) is 1. The van der Waals surface area contributed by atoms with Gasteiger partial charge in [0, 0.05) is 25.0 Å². The van der Waals surface area contributed by atoms with Gasteiger partial charge in [-0.15, -0.1) is 0 Å². The Morgan fingerprint density at radius 1 is 1.09 bits per heavy atom. The van der Waals surface area contributed by atoms with E-state index in [9.17, 15) is 14.4 Å². The number of hydrogen-bond acceptors (Lipinski definition) is 7. The van der Waals surface area contributed by atoms with Crippen LogP contribution in [0.1, 0.15) is 33.1 Å². The molecule has 2 aliphatic rings. The van der Waals surface area contributed by atoms with Crippen LogP contribution in [0.5, 0.6) is 0 Å². The zero-order chi connectivity index (χ0) is 24.4. The quantitative estimate of drug-likeness (QED) is 0.458. The molecule has 10 heteroatoms. The first kappa shape index (κ1) is 23.0. The van der Waals surface area contributed by atoms with Crippen molar-refractivity contribution in [1.29, 1.82) is 0 Å². The average Bonchev–Trinajstić information content (AvgIpc) is 3.59. The van der Waals surface area contributed by atoms with Crippen LogP contribution >= 0.6 is 11.3 Å². The largest absolute Gasteiger partial charge is 0.479 e. The molecule has 5 rings (SSSR count). The van der Waals surface area contributed by atoms with Gasteiger partial charge in [0.1, 0.15) is 11.5 Å². The summed E-state index contributed by atoms with van der Waals surface area (Å²) >= 11 is 1.01. The van der Waals surface area contributed by atoms with E-state index in [1.54, 1.807) is 0 Å². The number of ether oxygens (including phenoxy) is 2. The maximum absolute atomic E-state index is 12.4. The van der Waals surface area contributed by atoms with Crippen LogP contribution < -0.4 is 10.6 Å². The Labute approximate surface area is 205 Å². The first-order valence-electron chi connectivity index (χ1n) is 11.2. The molecule has 1 aromatic heterocycles. The maximum atomic E-state index is 12.4. The highest BCUT2D eigenvalue weighted by atomic mass is 32.1. The number of hydrogen-bond donors (Lipinski definition) is 3. The molecular weight excluding hydrogens is 470 g/mol. The summed E-state index contributed by atoms with van der Waals surface area (Å²) < 4.78 is 10.7. The first-order chi connectivity index (χ1) is 17.0. The minimum atomic E-state index is -1.03. The number of fused-ring (bicyclic) bond motifs is 3. The highest BCUT2D eigenvalue weighted by Gasteiger charge is 2.34. The van der Waals surface area contributed by atoms with Gasteiger partial charge in [-0.25, -0.2) is 14.6 Å². The minimum absolute atomic E-state index is 0.0556. The van der Waals surface area contributed by atoms with Crippen LogP contribution in [0.25, 0.3) is 11.1 Å². The predicted octanol–water partition coefficient (Wildman–Crippen LogP) is 3.72. The van der Waals surface area contributed by atoms with Crippen molar-refractivity contribution >= 4 is 34.4 Å². The molecule has 3 aromatic rings. The summed E-state index contributed by atoms with van der Waals surface area (Å²) in [7, 11) is 0. The molecule has 9 nitrogen and oxygen atoms in total. The second kappa shape index (κ2) is 9.85. The molecule has 1 aliphatic heterocycles. The second-order valence-corrected chi connectivity index (χ2v) is 9.40. The van der Waals surface area contributed by atoms with Crippen LogP contribution in [0.3, 0.4) is 0 Å². The minimum Gasteiger partial charge on any atom is -0.479 e. The fraction of sp³-hybridized carbons (Fsp3) is 0.280. The van der Waals surface area contributed by atoms with Gasteiger partial charge in [0.05, 0.1) is 6.20 Å². The van der Waals surface area contributed by atoms with Crippen LogP contribution in [0.15, 0.2) is 54.7 Å². The number of carboxylic acids is 1. The second-order valence-electron chi connectivity index (χ2n) is 8.37. The van der Waals surface area contributed by atoms with Gasteiger partial charge in [-0.2, -0.15) is 0 Å². The van der Waals surface area contributed by atoms with Gasteiger partial charge in [0.15, 0.2) is 11.2 Å². The molecule has 0 unspecified atom stereocenters. The van der Waals surface area contributed by atoms with Gasteiger partial charge in [-0.3, -0.25) is 10.1 Å². The number of anilines is 1. The normalized spacial score (nSPS) is 18.5. The Morgan fingerprint density at radius 3 is 2.46 bits per heavy atom. The number of rotatable bonds is 7. The lowest BCUT2D eigenvalue weighted by molar-refractivity contribution is -0.149. The SMILES string of the molecule is O=C(Nc1ncc(C(=O)NC[C@@H]2CCO[C@@H]2C(=O)O)s1)OCC1c2ccccc2-c2ccccc21. The van der Waals surface area contributed by atoms with Gasteiger partial charge < -0.3 is 19.9 Å². The van der Waals surface area contributed by atoms with Gasteiger partial charge >= 0.3 is 12.1 Å². The van der Waals surface area contributed by atoms with E-state index in [1.807, 2.05) is 36.4 Å². The summed E-state index contributed by atoms with van der Waals surface area (Å²) in [4.78, 5) is 40.4. The Bertz CT molecular complexity index is 1230. The molecule has 0 saturated carbocycles.